The number of rotatable bonds is 5. The fraction of sp³-hybridized carbons (Fsp3) is 0.333. The number of hydrogen-bond acceptors (Lipinski definition) is 0. The molecule has 3 aliphatic rings. The summed E-state index contributed by atoms with van der Waals surface area (Å²) >= 11 is 2.59. The molecule has 172 valence electrons. The average molecular weight is 467 g/mol. The second-order valence-electron chi connectivity index (χ2n) is 12.0. The van der Waals surface area contributed by atoms with Gasteiger partial charge >= 0.3 is 223 Å². The number of benzene rings is 3. The quantitative estimate of drug-likeness (QED) is 0.333. The first-order valence-electron chi connectivity index (χ1n) is 13.5. The molecule has 2 heteroatoms. The molecule has 3 atom stereocenters. The van der Waals surface area contributed by atoms with Crippen LogP contribution >= 0.6 is 0 Å². The summed E-state index contributed by atoms with van der Waals surface area (Å²) in [6.07, 6.45) is 10.3. The summed E-state index contributed by atoms with van der Waals surface area (Å²) in [6, 6.07) is 25.5. The van der Waals surface area contributed by atoms with Gasteiger partial charge < -0.3 is 0 Å². The Hall–Kier alpha value is -2.05. The monoisotopic (exact) mass is 466 g/mol. The van der Waals surface area contributed by atoms with Crippen LogP contribution in [0.1, 0.15) is 77.1 Å². The molecule has 0 saturated heterocycles. The van der Waals surface area contributed by atoms with Crippen LogP contribution in [0.5, 0.6) is 0 Å². The Morgan fingerprint density at radius 3 is 2.40 bits per heavy atom. The first-order chi connectivity index (χ1) is 16.8. The van der Waals surface area contributed by atoms with E-state index in [0.29, 0.717) is 11.5 Å². The summed E-state index contributed by atoms with van der Waals surface area (Å²) in [7, 11) is -1.86. The number of hydrogen-bond donors (Lipinski definition) is 0. The van der Waals surface area contributed by atoms with Gasteiger partial charge in [0, 0.05) is 0 Å². The molecule has 3 aromatic rings. The summed E-state index contributed by atoms with van der Waals surface area (Å²) in [5, 5.41) is 0. The van der Waals surface area contributed by atoms with Gasteiger partial charge in [0.25, 0.3) is 0 Å². The van der Waals surface area contributed by atoms with Crippen molar-refractivity contribution in [1.29, 1.82) is 0 Å². The van der Waals surface area contributed by atoms with E-state index in [1.807, 2.05) is 0 Å². The molecular formula is C33H35LiSi. The van der Waals surface area contributed by atoms with Gasteiger partial charge in [-0.3, -0.25) is 0 Å². The van der Waals surface area contributed by atoms with Crippen LogP contribution in [0.15, 0.2) is 78.9 Å². The molecule has 0 N–H and O–H groups in total. The Labute approximate surface area is 221 Å². The maximum absolute atomic E-state index is 2.74. The number of aryl methyl sites for hydroxylation is 2. The van der Waals surface area contributed by atoms with Gasteiger partial charge in [-0.2, -0.15) is 0 Å². The first kappa shape index (κ1) is 23.4. The molecule has 0 heterocycles. The third-order valence-electron chi connectivity index (χ3n) is 9.75. The molecule has 0 aromatic heterocycles. The van der Waals surface area contributed by atoms with Crippen LogP contribution in [0.4, 0.5) is 0 Å². The van der Waals surface area contributed by atoms with Crippen LogP contribution < -0.4 is 0 Å². The summed E-state index contributed by atoms with van der Waals surface area (Å²) in [5.74, 6) is 0.519. The minimum atomic E-state index is -1.86. The fourth-order valence-corrected chi connectivity index (χ4v) is 11.0. The minimum absolute atomic E-state index is 0.116. The fourth-order valence-electron chi connectivity index (χ4n) is 7.23. The zero-order chi connectivity index (χ0) is 24.4. The summed E-state index contributed by atoms with van der Waals surface area (Å²) in [5.41, 5.74) is 14.5. The Morgan fingerprint density at radius 2 is 1.63 bits per heavy atom. The van der Waals surface area contributed by atoms with E-state index in [1.54, 1.807) is 33.4 Å². The molecule has 3 unspecified atom stereocenters. The normalized spacial score (nSPS) is 23.4. The molecule has 0 saturated carbocycles. The van der Waals surface area contributed by atoms with Crippen molar-refractivity contribution < 1.29 is 0 Å². The Kier molecular flexibility index (Phi) is 5.68. The van der Waals surface area contributed by atoms with Crippen molar-refractivity contribution in [2.45, 2.75) is 67.8 Å². The van der Waals surface area contributed by atoms with Crippen molar-refractivity contribution >= 4 is 36.9 Å². The van der Waals surface area contributed by atoms with E-state index in [0.717, 1.165) is 6.42 Å². The Morgan fingerprint density at radius 1 is 0.943 bits per heavy atom. The van der Waals surface area contributed by atoms with Crippen molar-refractivity contribution in [3.05, 3.63) is 118 Å². The predicted octanol–water partition coefficient (Wildman–Crippen LogP) is 8.12. The van der Waals surface area contributed by atoms with Crippen LogP contribution in [0.2, 0.25) is 13.1 Å². The molecule has 6 rings (SSSR count). The van der Waals surface area contributed by atoms with E-state index in [2.05, 4.69) is 124 Å². The van der Waals surface area contributed by atoms with E-state index in [-0.39, 0.29) is 3.71 Å². The van der Waals surface area contributed by atoms with Crippen molar-refractivity contribution in [1.82, 2.24) is 0 Å². The Bertz CT molecular complexity index is 1360. The van der Waals surface area contributed by atoms with E-state index >= 15 is 0 Å². The standard InChI is InChI=1S/C33H35Si.Li/c1-22(24-11-6-5-7-12-24)17-27-21-33(31-20-26-14-10-13-25(26)19-30(27)31)34(3,4)32-18-23(2)28-15-8-9-16-29(28)32;/h5-9,11-12,15-16,18-22,32H,10,13-14,17H2,1-4H3;. The summed E-state index contributed by atoms with van der Waals surface area (Å²) < 4.78 is 0.116. The third kappa shape index (κ3) is 3.62. The van der Waals surface area contributed by atoms with Gasteiger partial charge in [0.2, 0.25) is 0 Å². The van der Waals surface area contributed by atoms with Crippen molar-refractivity contribution in [3.8, 4) is 0 Å². The van der Waals surface area contributed by atoms with Gasteiger partial charge in [0.15, 0.2) is 0 Å². The van der Waals surface area contributed by atoms with Gasteiger partial charge in [0.05, 0.1) is 0 Å². The third-order valence-corrected chi connectivity index (χ3v) is 14.9. The second kappa shape index (κ2) is 8.52. The Balaban J connectivity index is 1.47. The van der Waals surface area contributed by atoms with Crippen LogP contribution in [-0.2, 0) is 16.6 Å². The van der Waals surface area contributed by atoms with E-state index in [4.69, 9.17) is 0 Å². The van der Waals surface area contributed by atoms with E-state index in [9.17, 15) is 0 Å². The zero-order valence-electron chi connectivity index (χ0n) is 22.0. The topological polar surface area (TPSA) is 0 Å². The maximum atomic E-state index is 2.74. The second-order valence-corrected chi connectivity index (χ2v) is 17.1. The zero-order valence-corrected chi connectivity index (χ0v) is 23.0. The van der Waals surface area contributed by atoms with Gasteiger partial charge in [-0.1, -0.05) is 0 Å². The number of fused-ring (bicyclic) bond motifs is 3. The van der Waals surface area contributed by atoms with Crippen LogP contribution in [-0.4, -0.2) is 25.8 Å². The van der Waals surface area contributed by atoms with Crippen LogP contribution in [0.3, 0.4) is 0 Å². The van der Waals surface area contributed by atoms with Gasteiger partial charge in [-0.15, -0.1) is 0 Å². The molecule has 0 nitrogen and oxygen atoms in total. The molecular weight excluding hydrogens is 431 g/mol. The first-order valence-corrected chi connectivity index (χ1v) is 16.6. The molecule has 0 radical (unpaired) electrons. The van der Waals surface area contributed by atoms with Crippen molar-refractivity contribution in [2.75, 3.05) is 0 Å². The number of allylic oxidation sites excluding steroid dienone is 4. The molecule has 0 amide bonds. The predicted molar refractivity (Wildman–Crippen MR) is 154 cm³/mol. The molecule has 0 bridgehead atoms. The molecule has 35 heavy (non-hydrogen) atoms. The molecule has 0 spiro atoms. The van der Waals surface area contributed by atoms with Crippen molar-refractivity contribution in [2.24, 2.45) is 0 Å². The molecule has 0 fully saturated rings. The van der Waals surface area contributed by atoms with E-state index < -0.39 is 8.07 Å². The van der Waals surface area contributed by atoms with E-state index in [1.165, 1.54) is 36.0 Å². The van der Waals surface area contributed by atoms with Gasteiger partial charge in [-0.05, 0) is 0 Å². The van der Waals surface area contributed by atoms with Crippen LogP contribution in [0, 0.1) is 0 Å². The van der Waals surface area contributed by atoms with Crippen LogP contribution in [0.25, 0.3) is 11.1 Å². The molecule has 0 aliphatic heterocycles. The van der Waals surface area contributed by atoms with Crippen molar-refractivity contribution in [3.63, 3.8) is 0 Å². The van der Waals surface area contributed by atoms with Gasteiger partial charge in [-0.25, -0.2) is 0 Å². The average Bonchev–Trinajstić information content (AvgIpc) is 3.54. The SMILES string of the molecule is [Li][C]1([Si](C)(C)C2C=C(C)c3ccccc32)C=C(CC(C)c2ccccc2)c2cc3c(cc21)CCC3. The summed E-state index contributed by atoms with van der Waals surface area (Å²) in [6.45, 7) is 10.0. The molecule has 3 aromatic carbocycles. The molecule has 3 aliphatic carbocycles. The van der Waals surface area contributed by atoms with Gasteiger partial charge in [0.1, 0.15) is 0 Å². The summed E-state index contributed by atoms with van der Waals surface area (Å²) in [4.78, 5) is 0.